The van der Waals surface area contributed by atoms with Gasteiger partial charge in [0, 0.05) is 10.1 Å². The van der Waals surface area contributed by atoms with Gasteiger partial charge < -0.3 is 9.84 Å². The fourth-order valence-electron chi connectivity index (χ4n) is 1.68. The molecule has 4 heteroatoms. The molecule has 0 amide bonds. The number of hydrogen-bond donors (Lipinski definition) is 1. The molecule has 0 radical (unpaired) electrons. The van der Waals surface area contributed by atoms with E-state index in [0.29, 0.717) is 5.75 Å². The minimum atomic E-state index is -0.931. The first-order valence-corrected chi connectivity index (χ1v) is 6.24. The van der Waals surface area contributed by atoms with E-state index < -0.39 is 5.97 Å². The lowest BCUT2D eigenvalue weighted by molar-refractivity contribution is 0.0697. The lowest BCUT2D eigenvalue weighted by Crippen LogP contribution is -2.08. The van der Waals surface area contributed by atoms with Crippen molar-refractivity contribution in [1.82, 2.24) is 0 Å². The van der Waals surface area contributed by atoms with Gasteiger partial charge in [0.2, 0.25) is 0 Å². The lowest BCUT2D eigenvalue weighted by Gasteiger charge is -2.09. The molecule has 1 aromatic carbocycles. The first-order valence-electron chi connectivity index (χ1n) is 5.42. The highest BCUT2D eigenvalue weighted by Crippen LogP contribution is 2.38. The van der Waals surface area contributed by atoms with Crippen molar-refractivity contribution in [2.75, 3.05) is 0 Å². The summed E-state index contributed by atoms with van der Waals surface area (Å²) in [6.07, 6.45) is -0.0357. The number of carboxylic acids is 1. The third-order valence-electron chi connectivity index (χ3n) is 2.35. The highest BCUT2D eigenvalue weighted by atomic mass is 32.1. The number of aromatic carboxylic acids is 1. The molecular weight excluding hydrogens is 236 g/mol. The van der Waals surface area contributed by atoms with E-state index in [4.69, 9.17) is 4.74 Å². The van der Waals surface area contributed by atoms with Gasteiger partial charge in [-0.25, -0.2) is 4.79 Å². The fraction of sp³-hybridized carbons (Fsp3) is 0.308. The van der Waals surface area contributed by atoms with Crippen molar-refractivity contribution >= 4 is 27.4 Å². The molecule has 90 valence electrons. The Morgan fingerprint density at radius 2 is 2.12 bits per heavy atom. The van der Waals surface area contributed by atoms with Crippen molar-refractivity contribution in [3.05, 3.63) is 28.6 Å². The number of carboxylic acid groups (broad SMARTS) is 1. The highest BCUT2D eigenvalue weighted by molar-refractivity contribution is 7.21. The first kappa shape index (κ1) is 11.9. The SMILES string of the molecule is Cc1ccc2sc(C(=O)O)c(OC(C)C)c2c1. The van der Waals surface area contributed by atoms with Gasteiger partial charge in [-0.2, -0.15) is 0 Å². The van der Waals surface area contributed by atoms with E-state index in [0.717, 1.165) is 15.6 Å². The molecule has 3 nitrogen and oxygen atoms in total. The topological polar surface area (TPSA) is 46.5 Å². The number of rotatable bonds is 3. The average Bonchev–Trinajstić information content (AvgIpc) is 2.56. The zero-order valence-electron chi connectivity index (χ0n) is 9.98. The first-order chi connectivity index (χ1) is 7.99. The predicted octanol–water partition coefficient (Wildman–Crippen LogP) is 3.70. The summed E-state index contributed by atoms with van der Waals surface area (Å²) in [5.74, 6) is -0.435. The molecular formula is C13H14O3S. The Morgan fingerprint density at radius 3 is 2.71 bits per heavy atom. The Labute approximate surface area is 104 Å². The molecule has 0 saturated carbocycles. The molecule has 0 spiro atoms. The van der Waals surface area contributed by atoms with Crippen LogP contribution in [-0.4, -0.2) is 17.2 Å². The molecule has 0 atom stereocenters. The Morgan fingerprint density at radius 1 is 1.41 bits per heavy atom. The van der Waals surface area contributed by atoms with Gasteiger partial charge >= 0.3 is 5.97 Å². The summed E-state index contributed by atoms with van der Waals surface area (Å²) in [7, 11) is 0. The van der Waals surface area contributed by atoms with E-state index in [1.54, 1.807) is 0 Å². The van der Waals surface area contributed by atoms with Crippen LogP contribution in [0.2, 0.25) is 0 Å². The summed E-state index contributed by atoms with van der Waals surface area (Å²) in [6, 6.07) is 5.88. The zero-order chi connectivity index (χ0) is 12.6. The molecule has 17 heavy (non-hydrogen) atoms. The molecule has 0 aliphatic rings. The molecule has 1 aromatic heterocycles. The Bertz CT molecular complexity index is 569. The van der Waals surface area contributed by atoms with Gasteiger partial charge in [0.05, 0.1) is 6.10 Å². The number of thiophene rings is 1. The second-order valence-corrected chi connectivity index (χ2v) is 5.28. The van der Waals surface area contributed by atoms with Crippen molar-refractivity contribution in [1.29, 1.82) is 0 Å². The molecule has 0 saturated heterocycles. The maximum atomic E-state index is 11.2. The van der Waals surface area contributed by atoms with Crippen molar-refractivity contribution in [3.63, 3.8) is 0 Å². The maximum absolute atomic E-state index is 11.2. The van der Waals surface area contributed by atoms with Crippen LogP contribution in [0.4, 0.5) is 0 Å². The number of benzene rings is 1. The van der Waals surface area contributed by atoms with Crippen LogP contribution in [0.3, 0.4) is 0 Å². The van der Waals surface area contributed by atoms with E-state index in [2.05, 4.69) is 0 Å². The van der Waals surface area contributed by atoms with Crippen LogP contribution in [0.1, 0.15) is 29.1 Å². The van der Waals surface area contributed by atoms with Crippen LogP contribution in [0, 0.1) is 6.92 Å². The Balaban J connectivity index is 2.68. The van der Waals surface area contributed by atoms with Crippen LogP contribution in [0.5, 0.6) is 5.75 Å². The molecule has 1 heterocycles. The molecule has 0 fully saturated rings. The van der Waals surface area contributed by atoms with Crippen LogP contribution in [0.25, 0.3) is 10.1 Å². The number of carbonyl (C=O) groups is 1. The zero-order valence-corrected chi connectivity index (χ0v) is 10.8. The van der Waals surface area contributed by atoms with Crippen molar-refractivity contribution in [3.8, 4) is 5.75 Å². The summed E-state index contributed by atoms with van der Waals surface area (Å²) in [4.78, 5) is 11.5. The van der Waals surface area contributed by atoms with E-state index in [1.807, 2.05) is 39.0 Å². The summed E-state index contributed by atoms with van der Waals surface area (Å²) in [6.45, 7) is 5.77. The van der Waals surface area contributed by atoms with Gasteiger partial charge in [-0.3, -0.25) is 0 Å². The Hall–Kier alpha value is -1.55. The van der Waals surface area contributed by atoms with Crippen molar-refractivity contribution in [2.24, 2.45) is 0 Å². The number of fused-ring (bicyclic) bond motifs is 1. The molecule has 1 N–H and O–H groups in total. The third kappa shape index (κ3) is 2.26. The number of ether oxygens (including phenoxy) is 1. The number of hydrogen-bond acceptors (Lipinski definition) is 3. The molecule has 0 unspecified atom stereocenters. The van der Waals surface area contributed by atoms with Gasteiger partial charge in [0.15, 0.2) is 10.6 Å². The van der Waals surface area contributed by atoms with Gasteiger partial charge in [0.1, 0.15) is 0 Å². The largest absolute Gasteiger partial charge is 0.489 e. The van der Waals surface area contributed by atoms with Crippen molar-refractivity contribution < 1.29 is 14.6 Å². The van der Waals surface area contributed by atoms with Crippen LogP contribution in [0.15, 0.2) is 18.2 Å². The fourth-order valence-corrected chi connectivity index (χ4v) is 2.64. The van der Waals surface area contributed by atoms with E-state index >= 15 is 0 Å². The van der Waals surface area contributed by atoms with Crippen molar-refractivity contribution in [2.45, 2.75) is 26.9 Å². The smallest absolute Gasteiger partial charge is 0.349 e. The Kier molecular flexibility index (Phi) is 3.07. The van der Waals surface area contributed by atoms with Crippen LogP contribution in [-0.2, 0) is 0 Å². The third-order valence-corrected chi connectivity index (χ3v) is 3.49. The molecule has 0 aliphatic heterocycles. The lowest BCUT2D eigenvalue weighted by atomic mass is 10.1. The van der Waals surface area contributed by atoms with Crippen LogP contribution < -0.4 is 4.74 Å². The monoisotopic (exact) mass is 250 g/mol. The second-order valence-electron chi connectivity index (χ2n) is 4.23. The molecule has 0 bridgehead atoms. The summed E-state index contributed by atoms with van der Waals surface area (Å²) in [5, 5.41) is 10.1. The van der Waals surface area contributed by atoms with E-state index in [1.165, 1.54) is 11.3 Å². The quantitative estimate of drug-likeness (QED) is 0.903. The van der Waals surface area contributed by atoms with E-state index in [9.17, 15) is 9.90 Å². The minimum Gasteiger partial charge on any atom is -0.489 e. The average molecular weight is 250 g/mol. The maximum Gasteiger partial charge on any atom is 0.349 e. The molecule has 2 rings (SSSR count). The summed E-state index contributed by atoms with van der Waals surface area (Å²) < 4.78 is 6.59. The van der Waals surface area contributed by atoms with Gasteiger partial charge in [0.25, 0.3) is 0 Å². The highest BCUT2D eigenvalue weighted by Gasteiger charge is 2.20. The second kappa shape index (κ2) is 4.37. The minimum absolute atomic E-state index is 0.0357. The van der Waals surface area contributed by atoms with Gasteiger partial charge in [-0.15, -0.1) is 11.3 Å². The summed E-state index contributed by atoms with van der Waals surface area (Å²) in [5.41, 5.74) is 1.10. The van der Waals surface area contributed by atoms with Crippen LogP contribution >= 0.6 is 11.3 Å². The summed E-state index contributed by atoms with van der Waals surface area (Å²) >= 11 is 1.26. The van der Waals surface area contributed by atoms with Gasteiger partial charge in [-0.05, 0) is 32.9 Å². The van der Waals surface area contributed by atoms with E-state index in [-0.39, 0.29) is 11.0 Å². The number of aryl methyl sites for hydroxylation is 1. The molecule has 0 aliphatic carbocycles. The predicted molar refractivity (Wildman–Crippen MR) is 69.3 cm³/mol. The molecule has 2 aromatic rings. The van der Waals surface area contributed by atoms with Gasteiger partial charge in [-0.1, -0.05) is 11.6 Å². The standard InChI is InChI=1S/C13H14O3S/c1-7(2)16-11-9-6-8(3)4-5-10(9)17-12(11)13(14)15/h4-7H,1-3H3,(H,14,15). The normalized spacial score (nSPS) is 11.1.